The van der Waals surface area contributed by atoms with Crippen molar-refractivity contribution in [3.8, 4) is 5.75 Å². The Morgan fingerprint density at radius 3 is 2.73 bits per heavy atom. The van der Waals surface area contributed by atoms with Crippen LogP contribution in [-0.4, -0.2) is 45.5 Å². The molecule has 0 aliphatic heterocycles. The van der Waals surface area contributed by atoms with Gasteiger partial charge in [-0.25, -0.2) is 4.79 Å². The topological polar surface area (TPSA) is 86.2 Å². The van der Waals surface area contributed by atoms with Crippen LogP contribution >= 0.6 is 0 Å². The lowest BCUT2D eigenvalue weighted by Crippen LogP contribution is -2.42. The predicted octanol–water partition coefficient (Wildman–Crippen LogP) is 0.918. The lowest BCUT2D eigenvalue weighted by Gasteiger charge is -2.15. The Morgan fingerprint density at radius 2 is 2.09 bits per heavy atom. The third kappa shape index (κ3) is 5.82. The van der Waals surface area contributed by atoms with E-state index in [1.807, 2.05) is 24.3 Å². The summed E-state index contributed by atoms with van der Waals surface area (Å²) < 4.78 is 9.84. The summed E-state index contributed by atoms with van der Waals surface area (Å²) in [5.74, 6) is -0.298. The number of amides is 1. The average molecular weight is 308 g/mol. The number of hydrogen-bond acceptors (Lipinski definition) is 6. The van der Waals surface area contributed by atoms with E-state index in [2.05, 4.69) is 15.3 Å². The van der Waals surface area contributed by atoms with Crippen LogP contribution in [0, 0.1) is 0 Å². The predicted molar refractivity (Wildman–Crippen MR) is 80.8 cm³/mol. The summed E-state index contributed by atoms with van der Waals surface area (Å²) in [6.45, 7) is 0. The highest BCUT2D eigenvalue weighted by Crippen LogP contribution is 2.14. The van der Waals surface area contributed by atoms with E-state index >= 15 is 0 Å². The molecule has 0 aromatic heterocycles. The zero-order valence-corrected chi connectivity index (χ0v) is 12.9. The minimum atomic E-state index is -0.757. The molecule has 0 radical (unpaired) electrons. The molecular weight excluding hydrogens is 288 g/mol. The standard InChI is InChI=1S/C15H20N2O5/c1-20-12-6-4-5-11(9-12)7-8-13(15(19)21-2)17-14(18)10-16-22-3/h4-6,9-10,13H,7-8H2,1-3H3,(H,17,18)/b16-10+/t13-/m0/s1. The Labute approximate surface area is 129 Å². The van der Waals surface area contributed by atoms with Gasteiger partial charge in [-0.3, -0.25) is 4.79 Å². The average Bonchev–Trinajstić information content (AvgIpc) is 2.56. The van der Waals surface area contributed by atoms with Gasteiger partial charge in [0.05, 0.1) is 14.2 Å². The normalized spacial score (nSPS) is 11.8. The van der Waals surface area contributed by atoms with E-state index in [1.54, 1.807) is 7.11 Å². The van der Waals surface area contributed by atoms with E-state index in [4.69, 9.17) is 9.47 Å². The fraction of sp³-hybridized carbons (Fsp3) is 0.400. The van der Waals surface area contributed by atoms with Gasteiger partial charge in [0.15, 0.2) is 0 Å². The number of ether oxygens (including phenoxy) is 2. The maximum atomic E-state index is 11.7. The van der Waals surface area contributed by atoms with Crippen molar-refractivity contribution >= 4 is 18.1 Å². The molecule has 1 aromatic carbocycles. The first-order valence-electron chi connectivity index (χ1n) is 6.68. The first-order chi connectivity index (χ1) is 10.6. The number of aryl methyl sites for hydroxylation is 1. The molecule has 0 fully saturated rings. The number of methoxy groups -OCH3 is 2. The minimum Gasteiger partial charge on any atom is -0.497 e. The van der Waals surface area contributed by atoms with Crippen molar-refractivity contribution in [2.45, 2.75) is 18.9 Å². The van der Waals surface area contributed by atoms with Crippen LogP contribution in [0.25, 0.3) is 0 Å². The van der Waals surface area contributed by atoms with Crippen LogP contribution in [0.4, 0.5) is 0 Å². The van der Waals surface area contributed by atoms with Crippen molar-refractivity contribution in [2.75, 3.05) is 21.3 Å². The second kappa shape index (κ2) is 9.38. The van der Waals surface area contributed by atoms with Crippen LogP contribution in [-0.2, 0) is 25.6 Å². The molecule has 22 heavy (non-hydrogen) atoms. The number of benzene rings is 1. The summed E-state index contributed by atoms with van der Waals surface area (Å²) in [4.78, 5) is 27.7. The first kappa shape index (κ1) is 17.5. The second-order valence-electron chi connectivity index (χ2n) is 4.39. The van der Waals surface area contributed by atoms with Crippen LogP contribution in [0.5, 0.6) is 5.75 Å². The zero-order valence-electron chi connectivity index (χ0n) is 12.9. The van der Waals surface area contributed by atoms with Gasteiger partial charge in [0.2, 0.25) is 0 Å². The quantitative estimate of drug-likeness (QED) is 0.438. The Bertz CT molecular complexity index is 530. The molecule has 0 bridgehead atoms. The van der Waals surface area contributed by atoms with Gasteiger partial charge in [-0.15, -0.1) is 0 Å². The number of oxime groups is 1. The van der Waals surface area contributed by atoms with Crippen molar-refractivity contribution in [1.29, 1.82) is 0 Å². The smallest absolute Gasteiger partial charge is 0.328 e. The van der Waals surface area contributed by atoms with Gasteiger partial charge >= 0.3 is 5.97 Å². The monoisotopic (exact) mass is 308 g/mol. The van der Waals surface area contributed by atoms with Gasteiger partial charge < -0.3 is 19.6 Å². The third-order valence-electron chi connectivity index (χ3n) is 2.93. The SMILES string of the molecule is CO/N=C/C(=O)N[C@@H](CCc1cccc(OC)c1)C(=O)OC. The lowest BCUT2D eigenvalue weighted by atomic mass is 10.0. The Morgan fingerprint density at radius 1 is 1.32 bits per heavy atom. The molecule has 0 saturated carbocycles. The fourth-order valence-electron chi connectivity index (χ4n) is 1.84. The number of nitrogens with zero attached hydrogens (tertiary/aromatic N) is 1. The summed E-state index contributed by atoms with van der Waals surface area (Å²) in [6.07, 6.45) is 1.94. The molecule has 1 amide bonds. The largest absolute Gasteiger partial charge is 0.497 e. The number of esters is 1. The molecule has 120 valence electrons. The molecule has 0 unspecified atom stereocenters. The summed E-state index contributed by atoms with van der Waals surface area (Å²) >= 11 is 0. The van der Waals surface area contributed by atoms with Gasteiger partial charge in [-0.1, -0.05) is 17.3 Å². The van der Waals surface area contributed by atoms with Gasteiger partial charge in [-0.2, -0.15) is 0 Å². The molecule has 0 saturated heterocycles. The van der Waals surface area contributed by atoms with Crippen LogP contribution < -0.4 is 10.1 Å². The number of rotatable bonds is 8. The number of hydrogen-bond donors (Lipinski definition) is 1. The van der Waals surface area contributed by atoms with Crippen LogP contribution in [0.3, 0.4) is 0 Å². The van der Waals surface area contributed by atoms with Crippen molar-refractivity contribution < 1.29 is 23.9 Å². The number of nitrogens with one attached hydrogen (secondary N) is 1. The summed E-state index contributed by atoms with van der Waals surface area (Å²) in [5, 5.41) is 5.87. The van der Waals surface area contributed by atoms with Gasteiger partial charge in [0, 0.05) is 0 Å². The molecule has 1 rings (SSSR count). The molecule has 0 aliphatic carbocycles. The molecule has 0 aliphatic rings. The maximum Gasteiger partial charge on any atom is 0.328 e. The summed E-state index contributed by atoms with van der Waals surface area (Å²) in [6, 6.07) is 6.75. The number of carbonyl (C=O) groups is 2. The zero-order chi connectivity index (χ0) is 16.4. The maximum absolute atomic E-state index is 11.7. The first-order valence-corrected chi connectivity index (χ1v) is 6.68. The van der Waals surface area contributed by atoms with E-state index in [9.17, 15) is 9.59 Å². The molecule has 1 aromatic rings. The highest BCUT2D eigenvalue weighted by Gasteiger charge is 2.20. The highest BCUT2D eigenvalue weighted by molar-refractivity contribution is 6.26. The summed E-state index contributed by atoms with van der Waals surface area (Å²) in [7, 11) is 4.19. The fourth-order valence-corrected chi connectivity index (χ4v) is 1.84. The molecule has 0 heterocycles. The van der Waals surface area contributed by atoms with Crippen molar-refractivity contribution in [2.24, 2.45) is 5.16 Å². The summed E-state index contributed by atoms with van der Waals surface area (Å²) in [5.41, 5.74) is 0.994. The van der Waals surface area contributed by atoms with Crippen molar-refractivity contribution in [3.63, 3.8) is 0 Å². The van der Waals surface area contributed by atoms with E-state index in [0.717, 1.165) is 17.5 Å². The minimum absolute atomic E-state index is 0.395. The van der Waals surface area contributed by atoms with E-state index in [-0.39, 0.29) is 0 Å². The van der Waals surface area contributed by atoms with E-state index < -0.39 is 17.9 Å². The second-order valence-corrected chi connectivity index (χ2v) is 4.39. The Balaban J connectivity index is 2.66. The molecule has 1 N–H and O–H groups in total. The molecule has 0 spiro atoms. The van der Waals surface area contributed by atoms with Crippen molar-refractivity contribution in [1.82, 2.24) is 5.32 Å². The molecule has 7 heteroatoms. The Hall–Kier alpha value is -2.57. The van der Waals surface area contributed by atoms with Gasteiger partial charge in [-0.05, 0) is 30.5 Å². The Kier molecular flexibility index (Phi) is 7.45. The lowest BCUT2D eigenvalue weighted by molar-refractivity contribution is -0.144. The van der Waals surface area contributed by atoms with Gasteiger partial charge in [0.1, 0.15) is 25.1 Å². The van der Waals surface area contributed by atoms with Crippen molar-refractivity contribution in [3.05, 3.63) is 29.8 Å². The van der Waals surface area contributed by atoms with Crippen LogP contribution in [0.1, 0.15) is 12.0 Å². The highest BCUT2D eigenvalue weighted by atomic mass is 16.6. The third-order valence-corrected chi connectivity index (χ3v) is 2.93. The van der Waals surface area contributed by atoms with E-state index in [0.29, 0.717) is 12.8 Å². The van der Waals surface area contributed by atoms with E-state index in [1.165, 1.54) is 14.2 Å². The van der Waals surface area contributed by atoms with Gasteiger partial charge in [0.25, 0.3) is 5.91 Å². The molecular formula is C15H20N2O5. The molecule has 7 nitrogen and oxygen atoms in total. The van der Waals surface area contributed by atoms with Crippen LogP contribution in [0.15, 0.2) is 29.4 Å². The number of carbonyl (C=O) groups excluding carboxylic acids is 2. The van der Waals surface area contributed by atoms with Crippen LogP contribution in [0.2, 0.25) is 0 Å². The molecule has 1 atom stereocenters.